The van der Waals surface area contributed by atoms with Gasteiger partial charge in [-0.15, -0.1) is 0 Å². The van der Waals surface area contributed by atoms with E-state index in [1.54, 1.807) is 24.4 Å². The molecule has 4 aromatic rings. The number of anilines is 1. The summed E-state index contributed by atoms with van der Waals surface area (Å²) in [4.78, 5) is 17.4. The summed E-state index contributed by atoms with van der Waals surface area (Å²) in [5, 5.41) is 5.19. The summed E-state index contributed by atoms with van der Waals surface area (Å²) in [6, 6.07) is 12.7. The van der Waals surface area contributed by atoms with Gasteiger partial charge in [-0.3, -0.25) is 9.78 Å². The maximum absolute atomic E-state index is 12.9. The number of aromatic nitrogens is 1. The zero-order valence-electron chi connectivity index (χ0n) is 16.3. The smallest absolute Gasteiger partial charge is 0.291 e. The predicted molar refractivity (Wildman–Crippen MR) is 116 cm³/mol. The van der Waals surface area contributed by atoms with Crippen molar-refractivity contribution in [3.8, 4) is 5.75 Å². The standard InChI is InChI=1S/C23H21ClN2O3/c1-3-4-12-28-20-10-8-18(16-6-5-11-25-21(16)20)26-23(27)22-14(2)17-13-15(24)7-9-19(17)29-22/h5-11,13H,3-4,12H2,1-2H3,(H,26,27). The molecule has 4 rings (SSSR count). The second kappa shape index (κ2) is 8.13. The molecule has 0 saturated heterocycles. The van der Waals surface area contributed by atoms with E-state index in [2.05, 4.69) is 17.2 Å². The van der Waals surface area contributed by atoms with Crippen LogP contribution in [0, 0.1) is 6.92 Å². The van der Waals surface area contributed by atoms with Gasteiger partial charge in [-0.1, -0.05) is 24.9 Å². The fourth-order valence-electron chi connectivity index (χ4n) is 3.29. The van der Waals surface area contributed by atoms with Gasteiger partial charge in [0.25, 0.3) is 5.91 Å². The van der Waals surface area contributed by atoms with Crippen molar-refractivity contribution in [2.75, 3.05) is 11.9 Å². The highest BCUT2D eigenvalue weighted by Gasteiger charge is 2.19. The van der Waals surface area contributed by atoms with Crippen molar-refractivity contribution in [2.45, 2.75) is 26.7 Å². The molecular weight excluding hydrogens is 388 g/mol. The molecule has 1 amide bonds. The monoisotopic (exact) mass is 408 g/mol. The number of aryl methyl sites for hydroxylation is 1. The molecule has 148 valence electrons. The average molecular weight is 409 g/mol. The van der Waals surface area contributed by atoms with E-state index in [4.69, 9.17) is 20.8 Å². The van der Waals surface area contributed by atoms with Crippen LogP contribution in [0.3, 0.4) is 0 Å². The molecule has 0 aliphatic carbocycles. The van der Waals surface area contributed by atoms with Crippen LogP contribution in [0.1, 0.15) is 35.9 Å². The Labute approximate surface area is 173 Å². The number of nitrogens with one attached hydrogen (secondary N) is 1. The van der Waals surface area contributed by atoms with Crippen LogP contribution in [0.2, 0.25) is 5.02 Å². The molecule has 0 unspecified atom stereocenters. The Bertz CT molecular complexity index is 1200. The van der Waals surface area contributed by atoms with E-state index in [1.807, 2.05) is 31.2 Å². The Morgan fingerprint density at radius 3 is 2.90 bits per heavy atom. The third kappa shape index (κ3) is 3.78. The Morgan fingerprint density at radius 2 is 2.07 bits per heavy atom. The van der Waals surface area contributed by atoms with E-state index in [0.717, 1.165) is 34.7 Å². The van der Waals surface area contributed by atoms with E-state index < -0.39 is 0 Å². The van der Waals surface area contributed by atoms with Gasteiger partial charge in [0.2, 0.25) is 0 Å². The minimum atomic E-state index is -0.320. The maximum Gasteiger partial charge on any atom is 0.291 e. The fraction of sp³-hybridized carbons (Fsp3) is 0.217. The number of nitrogens with zero attached hydrogens (tertiary/aromatic N) is 1. The van der Waals surface area contributed by atoms with Gasteiger partial charge in [0.15, 0.2) is 5.76 Å². The van der Waals surface area contributed by atoms with Crippen LogP contribution < -0.4 is 10.1 Å². The van der Waals surface area contributed by atoms with Crippen LogP contribution in [0.25, 0.3) is 21.9 Å². The number of hydrogen-bond donors (Lipinski definition) is 1. The van der Waals surface area contributed by atoms with Crippen LogP contribution in [-0.4, -0.2) is 17.5 Å². The molecule has 0 radical (unpaired) electrons. The molecule has 0 atom stereocenters. The summed E-state index contributed by atoms with van der Waals surface area (Å²) in [6.45, 7) is 4.60. The summed E-state index contributed by atoms with van der Waals surface area (Å²) in [5.41, 5.74) is 2.75. The summed E-state index contributed by atoms with van der Waals surface area (Å²) in [5.74, 6) is 0.656. The molecule has 0 bridgehead atoms. The number of rotatable bonds is 6. The first-order chi connectivity index (χ1) is 14.1. The van der Waals surface area contributed by atoms with Gasteiger partial charge in [0.05, 0.1) is 12.3 Å². The first-order valence-corrected chi connectivity index (χ1v) is 9.97. The van der Waals surface area contributed by atoms with Crippen LogP contribution in [0.5, 0.6) is 5.75 Å². The van der Waals surface area contributed by atoms with Gasteiger partial charge in [-0.25, -0.2) is 0 Å². The van der Waals surface area contributed by atoms with Crippen molar-refractivity contribution in [1.82, 2.24) is 4.98 Å². The van der Waals surface area contributed by atoms with Gasteiger partial charge in [0.1, 0.15) is 16.8 Å². The van der Waals surface area contributed by atoms with Gasteiger partial charge in [-0.2, -0.15) is 0 Å². The summed E-state index contributed by atoms with van der Waals surface area (Å²) >= 11 is 6.07. The highest BCUT2D eigenvalue weighted by molar-refractivity contribution is 6.31. The maximum atomic E-state index is 12.9. The number of benzene rings is 2. The first-order valence-electron chi connectivity index (χ1n) is 9.59. The van der Waals surface area contributed by atoms with Crippen LogP contribution in [0.15, 0.2) is 53.1 Å². The fourth-order valence-corrected chi connectivity index (χ4v) is 3.46. The Hall–Kier alpha value is -3.05. The molecule has 0 fully saturated rings. The van der Waals surface area contributed by atoms with Crippen molar-refractivity contribution in [3.05, 3.63) is 65.0 Å². The second-order valence-corrected chi connectivity index (χ2v) is 7.30. The zero-order valence-corrected chi connectivity index (χ0v) is 17.0. The summed E-state index contributed by atoms with van der Waals surface area (Å²) in [6.07, 6.45) is 3.75. The number of furan rings is 1. The van der Waals surface area contributed by atoms with Gasteiger partial charge in [0, 0.05) is 27.6 Å². The van der Waals surface area contributed by atoms with Gasteiger partial charge < -0.3 is 14.5 Å². The molecule has 0 aliphatic heterocycles. The van der Waals surface area contributed by atoms with Gasteiger partial charge >= 0.3 is 0 Å². The summed E-state index contributed by atoms with van der Waals surface area (Å²) < 4.78 is 11.6. The number of hydrogen-bond acceptors (Lipinski definition) is 4. The number of ether oxygens (including phenoxy) is 1. The lowest BCUT2D eigenvalue weighted by Gasteiger charge is -2.12. The highest BCUT2D eigenvalue weighted by Crippen LogP contribution is 2.32. The first kappa shape index (κ1) is 19.3. The quantitative estimate of drug-likeness (QED) is 0.376. The number of unbranched alkanes of at least 4 members (excludes halogenated alkanes) is 1. The normalized spacial score (nSPS) is 11.1. The number of carbonyl (C=O) groups is 1. The Morgan fingerprint density at radius 1 is 1.21 bits per heavy atom. The topological polar surface area (TPSA) is 64.4 Å². The molecule has 1 N–H and O–H groups in total. The lowest BCUT2D eigenvalue weighted by Crippen LogP contribution is -2.12. The van der Waals surface area contributed by atoms with Crippen LogP contribution >= 0.6 is 11.6 Å². The van der Waals surface area contributed by atoms with Crippen LogP contribution in [0.4, 0.5) is 5.69 Å². The van der Waals surface area contributed by atoms with E-state index in [0.29, 0.717) is 28.6 Å². The number of amides is 1. The van der Waals surface area contributed by atoms with Crippen LogP contribution in [-0.2, 0) is 0 Å². The molecule has 29 heavy (non-hydrogen) atoms. The van der Waals surface area contributed by atoms with Crippen molar-refractivity contribution in [1.29, 1.82) is 0 Å². The Kier molecular flexibility index (Phi) is 5.41. The minimum absolute atomic E-state index is 0.266. The Balaban J connectivity index is 1.67. The third-order valence-electron chi connectivity index (χ3n) is 4.84. The number of fused-ring (bicyclic) bond motifs is 2. The molecule has 2 aromatic heterocycles. The van der Waals surface area contributed by atoms with Crippen molar-refractivity contribution in [3.63, 3.8) is 0 Å². The van der Waals surface area contributed by atoms with E-state index in [9.17, 15) is 4.79 Å². The molecule has 0 spiro atoms. The molecule has 6 heteroatoms. The largest absolute Gasteiger partial charge is 0.491 e. The highest BCUT2D eigenvalue weighted by atomic mass is 35.5. The predicted octanol–water partition coefficient (Wildman–Crippen LogP) is 6.37. The zero-order chi connectivity index (χ0) is 20.4. The van der Waals surface area contributed by atoms with Crippen molar-refractivity contribution >= 4 is 45.1 Å². The van der Waals surface area contributed by atoms with E-state index in [-0.39, 0.29) is 11.7 Å². The molecule has 0 aliphatic rings. The van der Waals surface area contributed by atoms with Crippen molar-refractivity contribution in [2.24, 2.45) is 0 Å². The third-order valence-corrected chi connectivity index (χ3v) is 5.08. The van der Waals surface area contributed by atoms with E-state index >= 15 is 0 Å². The van der Waals surface area contributed by atoms with E-state index in [1.165, 1.54) is 0 Å². The second-order valence-electron chi connectivity index (χ2n) is 6.86. The SMILES string of the molecule is CCCCOc1ccc(NC(=O)c2oc3ccc(Cl)cc3c2C)c2cccnc12. The lowest BCUT2D eigenvalue weighted by atomic mass is 10.1. The minimum Gasteiger partial charge on any atom is -0.491 e. The molecule has 2 heterocycles. The molecule has 5 nitrogen and oxygen atoms in total. The molecule has 2 aromatic carbocycles. The summed E-state index contributed by atoms with van der Waals surface area (Å²) in [7, 11) is 0. The van der Waals surface area contributed by atoms with Gasteiger partial charge in [-0.05, 0) is 55.8 Å². The molecular formula is C23H21ClN2O3. The number of halogens is 1. The number of pyridine rings is 1. The lowest BCUT2D eigenvalue weighted by molar-refractivity contribution is 0.0998. The number of carbonyl (C=O) groups excluding carboxylic acids is 1. The average Bonchev–Trinajstić information content (AvgIpc) is 3.06. The van der Waals surface area contributed by atoms with Crippen molar-refractivity contribution < 1.29 is 13.9 Å². The molecule has 0 saturated carbocycles.